The van der Waals surface area contributed by atoms with Crippen molar-refractivity contribution >= 4 is 11.0 Å². The number of hydrogen-bond acceptors (Lipinski definition) is 2. The van der Waals surface area contributed by atoms with E-state index in [2.05, 4.69) is 33.5 Å². The molecule has 78 valence electrons. The fourth-order valence-electron chi connectivity index (χ4n) is 2.35. The molecule has 1 aromatic carbocycles. The number of imidazole rings is 1. The molecule has 1 atom stereocenters. The van der Waals surface area contributed by atoms with Gasteiger partial charge in [0.25, 0.3) is 0 Å². The number of fused-ring (bicyclic) bond motifs is 1. The van der Waals surface area contributed by atoms with Gasteiger partial charge in [-0.25, -0.2) is 4.98 Å². The second-order valence-corrected chi connectivity index (χ2v) is 4.29. The van der Waals surface area contributed by atoms with E-state index in [-0.39, 0.29) is 0 Å². The molecular formula is C12H15N3. The molecule has 2 heterocycles. The lowest BCUT2D eigenvalue weighted by molar-refractivity contribution is 0.764. The molecule has 1 aromatic heterocycles. The van der Waals surface area contributed by atoms with Crippen LogP contribution in [0.4, 0.5) is 0 Å². The lowest BCUT2D eigenvalue weighted by Gasteiger charge is -2.07. The lowest BCUT2D eigenvalue weighted by Crippen LogP contribution is -2.07. The van der Waals surface area contributed by atoms with Crippen LogP contribution >= 0.6 is 0 Å². The standard InChI is InChI=1S/C12H15N3/c1-8-14-11-3-2-9(6-12(11)15-8)10-4-5-13-7-10/h2-3,6,10,13H,4-5,7H2,1H3,(H,14,15). The number of benzene rings is 1. The molecule has 0 bridgehead atoms. The van der Waals surface area contributed by atoms with Crippen molar-refractivity contribution < 1.29 is 0 Å². The highest BCUT2D eigenvalue weighted by molar-refractivity contribution is 5.76. The van der Waals surface area contributed by atoms with Crippen LogP contribution in [0.5, 0.6) is 0 Å². The third-order valence-electron chi connectivity index (χ3n) is 3.16. The summed E-state index contributed by atoms with van der Waals surface area (Å²) in [6.45, 7) is 4.25. The van der Waals surface area contributed by atoms with Crippen LogP contribution in [0, 0.1) is 6.92 Å². The number of rotatable bonds is 1. The van der Waals surface area contributed by atoms with Gasteiger partial charge in [-0.05, 0) is 43.5 Å². The molecule has 3 heteroatoms. The minimum Gasteiger partial charge on any atom is -0.342 e. The molecule has 1 unspecified atom stereocenters. The zero-order valence-electron chi connectivity index (χ0n) is 8.88. The van der Waals surface area contributed by atoms with Gasteiger partial charge in [0.1, 0.15) is 5.82 Å². The minimum atomic E-state index is 0.679. The van der Waals surface area contributed by atoms with E-state index in [0.717, 1.165) is 29.9 Å². The predicted octanol–water partition coefficient (Wildman–Crippen LogP) is 1.95. The molecule has 15 heavy (non-hydrogen) atoms. The summed E-state index contributed by atoms with van der Waals surface area (Å²) in [6, 6.07) is 6.57. The SMILES string of the molecule is Cc1nc2ccc(C3CCNC3)cc2[nH]1. The van der Waals surface area contributed by atoms with Crippen molar-refractivity contribution in [3.63, 3.8) is 0 Å². The van der Waals surface area contributed by atoms with Gasteiger partial charge in [-0.15, -0.1) is 0 Å². The Kier molecular flexibility index (Phi) is 1.99. The highest BCUT2D eigenvalue weighted by atomic mass is 14.9. The zero-order valence-corrected chi connectivity index (χ0v) is 8.88. The Morgan fingerprint density at radius 3 is 3.13 bits per heavy atom. The highest BCUT2D eigenvalue weighted by Crippen LogP contribution is 2.24. The van der Waals surface area contributed by atoms with Crippen molar-refractivity contribution in [2.75, 3.05) is 13.1 Å². The Labute approximate surface area is 88.9 Å². The van der Waals surface area contributed by atoms with E-state index in [0.29, 0.717) is 5.92 Å². The first-order valence-corrected chi connectivity index (χ1v) is 5.50. The summed E-state index contributed by atoms with van der Waals surface area (Å²) in [5.41, 5.74) is 3.66. The molecule has 0 saturated carbocycles. The molecule has 2 N–H and O–H groups in total. The Hall–Kier alpha value is -1.35. The Balaban J connectivity index is 2.04. The third kappa shape index (κ3) is 1.53. The zero-order chi connectivity index (χ0) is 10.3. The van der Waals surface area contributed by atoms with Gasteiger partial charge in [-0.3, -0.25) is 0 Å². The molecular weight excluding hydrogens is 186 g/mol. The van der Waals surface area contributed by atoms with Gasteiger partial charge >= 0.3 is 0 Å². The van der Waals surface area contributed by atoms with Gasteiger partial charge in [0.05, 0.1) is 11.0 Å². The number of nitrogens with one attached hydrogen (secondary N) is 2. The van der Waals surface area contributed by atoms with Crippen molar-refractivity contribution in [3.8, 4) is 0 Å². The maximum atomic E-state index is 4.41. The van der Waals surface area contributed by atoms with E-state index in [1.165, 1.54) is 12.0 Å². The number of aryl methyl sites for hydroxylation is 1. The van der Waals surface area contributed by atoms with Crippen molar-refractivity contribution in [2.45, 2.75) is 19.3 Å². The number of nitrogens with zero attached hydrogens (tertiary/aromatic N) is 1. The van der Waals surface area contributed by atoms with Crippen LogP contribution < -0.4 is 5.32 Å². The Morgan fingerprint density at radius 2 is 2.33 bits per heavy atom. The highest BCUT2D eigenvalue weighted by Gasteiger charge is 2.16. The van der Waals surface area contributed by atoms with Crippen LogP contribution in [0.25, 0.3) is 11.0 Å². The summed E-state index contributed by atoms with van der Waals surface area (Å²) in [5.74, 6) is 1.67. The molecule has 1 saturated heterocycles. The third-order valence-corrected chi connectivity index (χ3v) is 3.16. The van der Waals surface area contributed by atoms with Crippen LogP contribution in [0.1, 0.15) is 23.7 Å². The number of aromatic nitrogens is 2. The Bertz CT molecular complexity index is 481. The number of H-pyrrole nitrogens is 1. The van der Waals surface area contributed by atoms with Gasteiger partial charge in [0.2, 0.25) is 0 Å². The molecule has 0 radical (unpaired) electrons. The first-order chi connectivity index (χ1) is 7.33. The predicted molar refractivity (Wildman–Crippen MR) is 61.1 cm³/mol. The maximum Gasteiger partial charge on any atom is 0.104 e. The van der Waals surface area contributed by atoms with Crippen LogP contribution in [-0.4, -0.2) is 23.1 Å². The van der Waals surface area contributed by atoms with E-state index in [1.807, 2.05) is 6.92 Å². The van der Waals surface area contributed by atoms with Crippen LogP contribution in [0.3, 0.4) is 0 Å². The first-order valence-electron chi connectivity index (χ1n) is 5.50. The van der Waals surface area contributed by atoms with Crippen LogP contribution in [-0.2, 0) is 0 Å². The van der Waals surface area contributed by atoms with E-state index in [1.54, 1.807) is 0 Å². The molecule has 0 amide bonds. The second kappa shape index (κ2) is 3.35. The van der Waals surface area contributed by atoms with Crippen molar-refractivity contribution in [1.29, 1.82) is 0 Å². The summed E-state index contributed by atoms with van der Waals surface area (Å²) in [5, 5.41) is 3.40. The van der Waals surface area contributed by atoms with Crippen LogP contribution in [0.15, 0.2) is 18.2 Å². The van der Waals surface area contributed by atoms with Crippen LogP contribution in [0.2, 0.25) is 0 Å². The van der Waals surface area contributed by atoms with E-state index < -0.39 is 0 Å². The second-order valence-electron chi connectivity index (χ2n) is 4.29. The van der Waals surface area contributed by atoms with Crippen molar-refractivity contribution in [3.05, 3.63) is 29.6 Å². The molecule has 0 spiro atoms. The summed E-state index contributed by atoms with van der Waals surface area (Å²) >= 11 is 0. The van der Waals surface area contributed by atoms with Gasteiger partial charge in [0, 0.05) is 6.54 Å². The van der Waals surface area contributed by atoms with E-state index in [9.17, 15) is 0 Å². The maximum absolute atomic E-state index is 4.41. The summed E-state index contributed by atoms with van der Waals surface area (Å²) < 4.78 is 0. The fourth-order valence-corrected chi connectivity index (χ4v) is 2.35. The van der Waals surface area contributed by atoms with E-state index in [4.69, 9.17) is 0 Å². The Morgan fingerprint density at radius 1 is 1.40 bits per heavy atom. The molecule has 3 nitrogen and oxygen atoms in total. The normalized spacial score (nSPS) is 21.3. The summed E-state index contributed by atoms with van der Waals surface area (Å²) in [6.07, 6.45) is 1.25. The van der Waals surface area contributed by atoms with Crippen molar-refractivity contribution in [2.24, 2.45) is 0 Å². The fraction of sp³-hybridized carbons (Fsp3) is 0.417. The smallest absolute Gasteiger partial charge is 0.104 e. The van der Waals surface area contributed by atoms with Crippen molar-refractivity contribution in [1.82, 2.24) is 15.3 Å². The van der Waals surface area contributed by atoms with Gasteiger partial charge in [-0.2, -0.15) is 0 Å². The minimum absolute atomic E-state index is 0.679. The monoisotopic (exact) mass is 201 g/mol. The van der Waals surface area contributed by atoms with E-state index >= 15 is 0 Å². The molecule has 1 aliphatic heterocycles. The van der Waals surface area contributed by atoms with Gasteiger partial charge < -0.3 is 10.3 Å². The molecule has 1 fully saturated rings. The topological polar surface area (TPSA) is 40.7 Å². The summed E-state index contributed by atoms with van der Waals surface area (Å²) in [7, 11) is 0. The van der Waals surface area contributed by atoms with Gasteiger partial charge in [-0.1, -0.05) is 6.07 Å². The quantitative estimate of drug-likeness (QED) is 0.740. The molecule has 0 aliphatic carbocycles. The number of hydrogen-bond donors (Lipinski definition) is 2. The average Bonchev–Trinajstić information content (AvgIpc) is 2.82. The van der Waals surface area contributed by atoms with Gasteiger partial charge in [0.15, 0.2) is 0 Å². The summed E-state index contributed by atoms with van der Waals surface area (Å²) in [4.78, 5) is 7.70. The molecule has 3 rings (SSSR count). The molecule has 1 aliphatic rings. The lowest BCUT2D eigenvalue weighted by atomic mass is 9.98. The average molecular weight is 201 g/mol. The largest absolute Gasteiger partial charge is 0.342 e. The number of aromatic amines is 1. The first kappa shape index (κ1) is 8.92. The molecule has 2 aromatic rings.